The zero-order chi connectivity index (χ0) is 17.9. The van der Waals surface area contributed by atoms with Crippen LogP contribution in [-0.4, -0.2) is 10.1 Å². The van der Waals surface area contributed by atoms with Crippen LogP contribution < -0.4 is 0 Å². The lowest BCUT2D eigenvalue weighted by atomic mass is 9.84. The molecule has 1 aromatic heterocycles. The minimum absolute atomic E-state index is 0.283. The summed E-state index contributed by atoms with van der Waals surface area (Å²) >= 11 is 0. The van der Waals surface area contributed by atoms with Crippen molar-refractivity contribution in [2.75, 3.05) is 0 Å². The minimum atomic E-state index is -0.526. The molecule has 0 radical (unpaired) electrons. The first-order chi connectivity index (χ1) is 11.4. The summed E-state index contributed by atoms with van der Waals surface area (Å²) in [5.74, 6) is 0.653. The first-order valence-electron chi connectivity index (χ1n) is 9.18. The molecular weight excluding hydrogens is 294 g/mol. The molecule has 0 saturated heterocycles. The van der Waals surface area contributed by atoms with Crippen LogP contribution in [0.5, 0.6) is 0 Å². The van der Waals surface area contributed by atoms with Crippen molar-refractivity contribution in [1.29, 1.82) is 0 Å². The Balaban J connectivity index is 2.93. The van der Waals surface area contributed by atoms with Crippen molar-refractivity contribution in [1.82, 2.24) is 4.98 Å². The van der Waals surface area contributed by atoms with Gasteiger partial charge >= 0.3 is 0 Å². The predicted molar refractivity (Wildman–Crippen MR) is 102 cm³/mol. The van der Waals surface area contributed by atoms with Crippen LogP contribution in [0.1, 0.15) is 88.4 Å². The Morgan fingerprint density at radius 1 is 0.917 bits per heavy atom. The van der Waals surface area contributed by atoms with Gasteiger partial charge in [0, 0.05) is 17.0 Å². The molecule has 1 N–H and O–H groups in total. The Kier molecular flexibility index (Phi) is 6.17. The highest BCUT2D eigenvalue weighted by Crippen LogP contribution is 2.39. The van der Waals surface area contributed by atoms with E-state index in [2.05, 4.69) is 58.9 Å². The molecular formula is C22H31NO. The number of aliphatic hydroxyl groups is 1. The van der Waals surface area contributed by atoms with Gasteiger partial charge in [-0.2, -0.15) is 0 Å². The van der Waals surface area contributed by atoms with Crippen LogP contribution in [0.15, 0.2) is 30.3 Å². The quantitative estimate of drug-likeness (QED) is 0.706. The zero-order valence-electron chi connectivity index (χ0n) is 15.9. The molecule has 24 heavy (non-hydrogen) atoms. The van der Waals surface area contributed by atoms with Gasteiger partial charge in [0.25, 0.3) is 0 Å². The van der Waals surface area contributed by atoms with Crippen molar-refractivity contribution in [2.45, 2.75) is 72.3 Å². The molecule has 1 aromatic carbocycles. The van der Waals surface area contributed by atoms with Crippen molar-refractivity contribution < 1.29 is 5.11 Å². The lowest BCUT2D eigenvalue weighted by Crippen LogP contribution is -2.14. The molecule has 0 amide bonds. The van der Waals surface area contributed by atoms with Crippen LogP contribution in [0, 0.1) is 0 Å². The number of aliphatic hydroxyl groups excluding tert-OH is 1. The number of rotatable bonds is 6. The fourth-order valence-electron chi connectivity index (χ4n) is 3.45. The molecule has 0 fully saturated rings. The number of pyridine rings is 1. The first-order valence-corrected chi connectivity index (χ1v) is 9.18. The van der Waals surface area contributed by atoms with Gasteiger partial charge in [0.15, 0.2) is 0 Å². The molecule has 1 atom stereocenters. The van der Waals surface area contributed by atoms with E-state index in [1.165, 1.54) is 22.4 Å². The van der Waals surface area contributed by atoms with Crippen molar-refractivity contribution >= 4 is 0 Å². The summed E-state index contributed by atoms with van der Waals surface area (Å²) in [5.41, 5.74) is 6.91. The molecule has 0 spiro atoms. The number of hydrogen-bond acceptors (Lipinski definition) is 2. The minimum Gasteiger partial charge on any atom is -0.389 e. The van der Waals surface area contributed by atoms with Gasteiger partial charge in [0.1, 0.15) is 0 Å². The Labute approximate surface area is 147 Å². The number of benzene rings is 1. The summed E-state index contributed by atoms with van der Waals surface area (Å²) in [6.45, 7) is 12.8. The van der Waals surface area contributed by atoms with Gasteiger partial charge in [-0.25, -0.2) is 0 Å². The molecule has 130 valence electrons. The van der Waals surface area contributed by atoms with Gasteiger partial charge in [-0.15, -0.1) is 0 Å². The normalized spacial score (nSPS) is 12.9. The van der Waals surface area contributed by atoms with E-state index >= 15 is 0 Å². The van der Waals surface area contributed by atoms with Crippen LogP contribution in [0.25, 0.3) is 11.1 Å². The van der Waals surface area contributed by atoms with Gasteiger partial charge in [0.2, 0.25) is 0 Å². The fraction of sp³-hybridized carbons (Fsp3) is 0.500. The molecule has 0 bridgehead atoms. The van der Waals surface area contributed by atoms with Crippen molar-refractivity contribution in [3.05, 3.63) is 52.8 Å². The average Bonchev–Trinajstić information content (AvgIpc) is 2.54. The standard InChI is InChI=1S/C22H31NO/c1-7-11-18-20(17-12-9-8-10-13-17)19(16(6)24)22(15(4)5)23-21(18)14(2)3/h8-10,12-16,24H,7,11H2,1-6H3. The third kappa shape index (κ3) is 3.70. The Morgan fingerprint density at radius 3 is 1.96 bits per heavy atom. The van der Waals surface area contributed by atoms with Gasteiger partial charge in [-0.05, 0) is 41.9 Å². The third-order valence-corrected chi connectivity index (χ3v) is 4.47. The number of hydrogen-bond donors (Lipinski definition) is 1. The largest absolute Gasteiger partial charge is 0.389 e. The molecule has 1 heterocycles. The van der Waals surface area contributed by atoms with E-state index in [-0.39, 0.29) is 5.92 Å². The summed E-state index contributed by atoms with van der Waals surface area (Å²) in [5, 5.41) is 10.6. The van der Waals surface area contributed by atoms with E-state index in [1.807, 2.05) is 13.0 Å². The molecule has 2 aromatic rings. The summed E-state index contributed by atoms with van der Waals surface area (Å²) in [6.07, 6.45) is 1.53. The lowest BCUT2D eigenvalue weighted by Gasteiger charge is -2.26. The van der Waals surface area contributed by atoms with Crippen molar-refractivity contribution in [2.24, 2.45) is 0 Å². The maximum Gasteiger partial charge on any atom is 0.0785 e. The molecule has 2 rings (SSSR count). The summed E-state index contributed by atoms with van der Waals surface area (Å²) in [7, 11) is 0. The van der Waals surface area contributed by atoms with Crippen LogP contribution in [0.3, 0.4) is 0 Å². The monoisotopic (exact) mass is 325 g/mol. The molecule has 1 unspecified atom stereocenters. The van der Waals surface area contributed by atoms with Gasteiger partial charge in [0.05, 0.1) is 6.10 Å². The number of aromatic nitrogens is 1. The van der Waals surface area contributed by atoms with E-state index in [1.54, 1.807) is 0 Å². The highest BCUT2D eigenvalue weighted by Gasteiger charge is 2.25. The van der Waals surface area contributed by atoms with E-state index in [0.29, 0.717) is 5.92 Å². The SMILES string of the molecule is CCCc1c(C(C)C)nc(C(C)C)c(C(C)O)c1-c1ccccc1. The molecule has 0 aliphatic carbocycles. The molecule has 2 nitrogen and oxygen atoms in total. The van der Waals surface area contributed by atoms with E-state index < -0.39 is 6.10 Å². The van der Waals surface area contributed by atoms with Crippen molar-refractivity contribution in [3.63, 3.8) is 0 Å². The van der Waals surface area contributed by atoms with Gasteiger partial charge in [-0.1, -0.05) is 71.4 Å². The third-order valence-electron chi connectivity index (χ3n) is 4.47. The topological polar surface area (TPSA) is 33.1 Å². The highest BCUT2D eigenvalue weighted by molar-refractivity contribution is 5.73. The van der Waals surface area contributed by atoms with Crippen LogP contribution in [0.2, 0.25) is 0 Å². The van der Waals surface area contributed by atoms with Crippen LogP contribution >= 0.6 is 0 Å². The average molecular weight is 325 g/mol. The Hall–Kier alpha value is -1.67. The molecule has 2 heteroatoms. The van der Waals surface area contributed by atoms with E-state index in [9.17, 15) is 5.11 Å². The molecule has 0 saturated carbocycles. The maximum absolute atomic E-state index is 10.6. The fourth-order valence-corrected chi connectivity index (χ4v) is 3.45. The van der Waals surface area contributed by atoms with Gasteiger partial charge < -0.3 is 5.11 Å². The summed E-state index contributed by atoms with van der Waals surface area (Å²) < 4.78 is 0. The zero-order valence-corrected chi connectivity index (χ0v) is 15.9. The Bertz CT molecular complexity index is 672. The second-order valence-electron chi connectivity index (χ2n) is 7.25. The highest BCUT2D eigenvalue weighted by atomic mass is 16.3. The predicted octanol–water partition coefficient (Wildman–Crippen LogP) is 6.00. The second-order valence-corrected chi connectivity index (χ2v) is 7.25. The molecule has 0 aliphatic heterocycles. The molecule has 0 aliphatic rings. The van der Waals surface area contributed by atoms with Crippen LogP contribution in [0.4, 0.5) is 0 Å². The van der Waals surface area contributed by atoms with Gasteiger partial charge in [-0.3, -0.25) is 4.98 Å². The smallest absolute Gasteiger partial charge is 0.0785 e. The summed E-state index contributed by atoms with van der Waals surface area (Å²) in [6, 6.07) is 10.5. The second kappa shape index (κ2) is 7.94. The first kappa shape index (κ1) is 18.7. The lowest BCUT2D eigenvalue weighted by molar-refractivity contribution is 0.197. The van der Waals surface area contributed by atoms with Crippen LogP contribution in [-0.2, 0) is 6.42 Å². The number of nitrogens with zero attached hydrogens (tertiary/aromatic N) is 1. The maximum atomic E-state index is 10.6. The summed E-state index contributed by atoms with van der Waals surface area (Å²) in [4.78, 5) is 5.04. The van der Waals surface area contributed by atoms with Crippen molar-refractivity contribution in [3.8, 4) is 11.1 Å². The Morgan fingerprint density at radius 2 is 1.50 bits per heavy atom. The van der Waals surface area contributed by atoms with E-state index in [0.717, 1.165) is 24.1 Å². The van der Waals surface area contributed by atoms with E-state index in [4.69, 9.17) is 4.98 Å².